The van der Waals surface area contributed by atoms with Crippen molar-refractivity contribution >= 4 is 35.9 Å². The van der Waals surface area contributed by atoms with Crippen LogP contribution in [0.2, 0.25) is 0 Å². The zero-order chi connectivity index (χ0) is 41.7. The van der Waals surface area contributed by atoms with Gasteiger partial charge in [-0.05, 0) is 86.6 Å². The minimum Gasteiger partial charge on any atom is -0.493 e. The third kappa shape index (κ3) is 11.2. The zero-order valence-electron chi connectivity index (χ0n) is 34.8. The van der Waals surface area contributed by atoms with Gasteiger partial charge in [0, 0.05) is 49.8 Å². The summed E-state index contributed by atoms with van der Waals surface area (Å²) in [5.41, 5.74) is -0.941. The van der Waals surface area contributed by atoms with Crippen LogP contribution in [0.3, 0.4) is 0 Å². The highest BCUT2D eigenvalue weighted by Crippen LogP contribution is 2.34. The van der Waals surface area contributed by atoms with Crippen molar-refractivity contribution in [3.8, 4) is 5.75 Å². The Balaban J connectivity index is 1.45. The average Bonchev–Trinajstić information content (AvgIpc) is 3.53. The number of guanidine groups is 1. The molecular formula is C41H63N7O9. The van der Waals surface area contributed by atoms with Crippen molar-refractivity contribution in [3.63, 3.8) is 0 Å². The molecule has 0 spiro atoms. The van der Waals surface area contributed by atoms with E-state index < -0.39 is 47.4 Å². The van der Waals surface area contributed by atoms with Gasteiger partial charge in [0.2, 0.25) is 23.7 Å². The first-order chi connectivity index (χ1) is 26.9. The van der Waals surface area contributed by atoms with Gasteiger partial charge in [-0.25, -0.2) is 9.59 Å². The Morgan fingerprint density at radius 3 is 2.35 bits per heavy atom. The first kappa shape index (κ1) is 43.7. The fourth-order valence-electron chi connectivity index (χ4n) is 8.74. The molecule has 2 saturated heterocycles. The zero-order valence-corrected chi connectivity index (χ0v) is 34.8. The summed E-state index contributed by atoms with van der Waals surface area (Å²) in [7, 11) is 0. The topological polar surface area (TPSA) is 191 Å². The van der Waals surface area contributed by atoms with Crippen LogP contribution in [0.1, 0.15) is 112 Å². The standard InChI is InChI=1S/C41H63N7O9/c1-9-55-28-21-27-22-47(31(24-46(27)23-28)35(50)42-30-19-20-56-32-18-14-13-17-29(30)32)36(51)33(26-15-11-10-12-16-26)43-34(49)25(2)48(40(3,4)5)37(44-38(52)53)45-39(54)57-41(6,7)8/h13-14,17-18,25-28,30-31,33H,9-12,15-16,19-24H2,1-8H3,(H,42,50)(H,43,49)(H,52,53)(H,44,45,54)/t25-,27+,28+,30+,31-,33-/m0/s1. The van der Waals surface area contributed by atoms with Gasteiger partial charge in [-0.1, -0.05) is 37.5 Å². The first-order valence-electron chi connectivity index (χ1n) is 20.5. The predicted octanol–water partition coefficient (Wildman–Crippen LogP) is 4.43. The lowest BCUT2D eigenvalue weighted by molar-refractivity contribution is -0.150. The largest absolute Gasteiger partial charge is 0.493 e. The summed E-state index contributed by atoms with van der Waals surface area (Å²) in [6, 6.07) is 4.42. The molecule has 0 aromatic heterocycles. The SMILES string of the molecule is CCO[C@@H]1C[C@@H]2CN(C(=O)[C@@H](NC(=O)[C@H](C)N(C(=NC(=O)O)NC(=O)OC(C)(C)C)C(C)(C)C)C3CCCCC3)[C@H](C(=O)N[C@@H]3CCOc4ccccc43)CN2C1. The molecule has 3 fully saturated rings. The van der Waals surface area contributed by atoms with Gasteiger partial charge in [-0.2, -0.15) is 0 Å². The molecule has 316 valence electrons. The van der Waals surface area contributed by atoms with Crippen LogP contribution >= 0.6 is 0 Å². The summed E-state index contributed by atoms with van der Waals surface area (Å²) in [5, 5.41) is 18.5. The van der Waals surface area contributed by atoms with Crippen LogP contribution in [-0.4, -0.2) is 130 Å². The Bertz CT molecular complexity index is 1650. The van der Waals surface area contributed by atoms with Crippen LogP contribution in [0.4, 0.5) is 9.59 Å². The Hall–Kier alpha value is -4.44. The molecule has 1 aliphatic carbocycles. The third-order valence-electron chi connectivity index (χ3n) is 11.2. The molecule has 0 unspecified atom stereocenters. The molecule has 16 heteroatoms. The molecule has 1 saturated carbocycles. The maximum absolute atomic E-state index is 15.2. The quantitative estimate of drug-likeness (QED) is 0.204. The van der Waals surface area contributed by atoms with Gasteiger partial charge < -0.3 is 39.8 Å². The van der Waals surface area contributed by atoms with Crippen molar-refractivity contribution in [2.75, 3.05) is 32.8 Å². The Kier molecular flexibility index (Phi) is 14.1. The summed E-state index contributed by atoms with van der Waals surface area (Å²) in [5.74, 6) is -1.02. The van der Waals surface area contributed by atoms with E-state index in [4.69, 9.17) is 14.2 Å². The minimum atomic E-state index is -1.58. The second-order valence-corrected chi connectivity index (χ2v) is 17.6. The van der Waals surface area contributed by atoms with Crippen molar-refractivity contribution < 1.29 is 43.3 Å². The molecule has 5 amide bonds. The van der Waals surface area contributed by atoms with E-state index in [1.165, 1.54) is 4.90 Å². The van der Waals surface area contributed by atoms with Crippen molar-refractivity contribution in [2.45, 2.75) is 148 Å². The van der Waals surface area contributed by atoms with Crippen LogP contribution < -0.4 is 20.7 Å². The number of fused-ring (bicyclic) bond motifs is 2. The van der Waals surface area contributed by atoms with Crippen molar-refractivity contribution in [2.24, 2.45) is 10.9 Å². The van der Waals surface area contributed by atoms with Gasteiger partial charge in [0.25, 0.3) is 0 Å². The highest BCUT2D eigenvalue weighted by molar-refractivity contribution is 6.01. The number of carbonyl (C=O) groups is 5. The molecular weight excluding hydrogens is 734 g/mol. The molecule has 1 aromatic carbocycles. The van der Waals surface area contributed by atoms with E-state index in [0.717, 1.165) is 30.6 Å². The lowest BCUT2D eigenvalue weighted by atomic mass is 9.82. The number of alkyl carbamates (subject to hydrolysis) is 1. The van der Waals surface area contributed by atoms with Crippen molar-refractivity contribution in [3.05, 3.63) is 29.8 Å². The second-order valence-electron chi connectivity index (χ2n) is 17.6. The maximum atomic E-state index is 15.2. The number of hydrogen-bond acceptors (Lipinski definition) is 9. The number of amides is 5. The fraction of sp³-hybridized carbons (Fsp3) is 0.707. The number of aliphatic imine (C=N–C) groups is 1. The van der Waals surface area contributed by atoms with Crippen LogP contribution in [0.15, 0.2) is 29.3 Å². The molecule has 1 aromatic rings. The molecule has 3 heterocycles. The molecule has 4 N–H and O–H groups in total. The molecule has 16 nitrogen and oxygen atoms in total. The molecule has 4 aliphatic rings. The highest BCUT2D eigenvalue weighted by Gasteiger charge is 2.48. The highest BCUT2D eigenvalue weighted by atomic mass is 16.6. The number of carbonyl (C=O) groups excluding carboxylic acids is 4. The molecule has 57 heavy (non-hydrogen) atoms. The number of carboxylic acid groups (broad SMARTS) is 1. The van der Waals surface area contributed by atoms with E-state index in [-0.39, 0.29) is 41.9 Å². The van der Waals surface area contributed by atoms with E-state index in [0.29, 0.717) is 58.5 Å². The Morgan fingerprint density at radius 1 is 1.00 bits per heavy atom. The van der Waals surface area contributed by atoms with Gasteiger partial charge in [0.1, 0.15) is 29.5 Å². The molecule has 0 bridgehead atoms. The number of rotatable bonds is 9. The molecule has 3 aliphatic heterocycles. The number of piperazine rings is 1. The Labute approximate surface area is 336 Å². The Morgan fingerprint density at radius 2 is 1.70 bits per heavy atom. The van der Waals surface area contributed by atoms with Crippen molar-refractivity contribution in [1.82, 2.24) is 30.7 Å². The van der Waals surface area contributed by atoms with Crippen LogP contribution in [-0.2, 0) is 23.9 Å². The van der Waals surface area contributed by atoms with Crippen LogP contribution in [0.25, 0.3) is 0 Å². The van der Waals surface area contributed by atoms with Gasteiger partial charge in [-0.15, -0.1) is 4.99 Å². The molecule has 5 rings (SSSR count). The number of hydrogen-bond donors (Lipinski definition) is 4. The van der Waals surface area contributed by atoms with Gasteiger partial charge in [0.05, 0.1) is 18.8 Å². The third-order valence-corrected chi connectivity index (χ3v) is 11.2. The minimum absolute atomic E-state index is 0.0184. The fourth-order valence-corrected chi connectivity index (χ4v) is 8.74. The number of ether oxygens (including phenoxy) is 3. The van der Waals surface area contributed by atoms with Gasteiger partial charge in [-0.3, -0.25) is 24.6 Å². The van der Waals surface area contributed by atoms with Crippen LogP contribution in [0, 0.1) is 5.92 Å². The van der Waals surface area contributed by atoms with E-state index >= 15 is 4.79 Å². The number of nitrogens with one attached hydrogen (secondary N) is 3. The first-order valence-corrected chi connectivity index (χ1v) is 20.5. The lowest BCUT2D eigenvalue weighted by Gasteiger charge is -2.46. The normalized spacial score (nSPS) is 24.2. The molecule has 0 radical (unpaired) electrons. The summed E-state index contributed by atoms with van der Waals surface area (Å²) >= 11 is 0. The van der Waals surface area contributed by atoms with E-state index in [2.05, 4.69) is 25.8 Å². The lowest BCUT2D eigenvalue weighted by Crippen LogP contribution is -2.67. The number of nitrogens with zero attached hydrogens (tertiary/aromatic N) is 4. The van der Waals surface area contributed by atoms with E-state index in [9.17, 15) is 24.3 Å². The van der Waals surface area contributed by atoms with Crippen LogP contribution in [0.5, 0.6) is 5.75 Å². The average molecular weight is 798 g/mol. The van der Waals surface area contributed by atoms with E-state index in [1.54, 1.807) is 53.4 Å². The monoisotopic (exact) mass is 797 g/mol. The summed E-state index contributed by atoms with van der Waals surface area (Å²) in [6.07, 6.45) is 2.99. The van der Waals surface area contributed by atoms with E-state index in [1.807, 2.05) is 31.2 Å². The second kappa shape index (κ2) is 18.4. The van der Waals surface area contributed by atoms with Gasteiger partial charge >= 0.3 is 12.2 Å². The summed E-state index contributed by atoms with van der Waals surface area (Å²) in [4.78, 5) is 77.9. The smallest absolute Gasteiger partial charge is 0.434 e. The maximum Gasteiger partial charge on any atom is 0.434 e. The van der Waals surface area contributed by atoms with Crippen molar-refractivity contribution in [1.29, 1.82) is 0 Å². The summed E-state index contributed by atoms with van der Waals surface area (Å²) < 4.78 is 17.2. The number of benzene rings is 1. The summed E-state index contributed by atoms with van der Waals surface area (Å²) in [6.45, 7) is 16.1. The molecule has 6 atom stereocenters. The predicted molar refractivity (Wildman–Crippen MR) is 213 cm³/mol. The van der Waals surface area contributed by atoms with Gasteiger partial charge in [0.15, 0.2) is 0 Å². The number of para-hydroxylation sites is 1.